The number of rotatable bonds is 3. The van der Waals surface area contributed by atoms with E-state index in [0.717, 1.165) is 12.0 Å². The topological polar surface area (TPSA) is 0 Å². The molecule has 0 amide bonds. The third kappa shape index (κ3) is 3.14. The summed E-state index contributed by atoms with van der Waals surface area (Å²) in [5.74, 6) is 0.571. The molecular weight excluding hydrogens is 291 g/mol. The predicted octanol–water partition coefficient (Wildman–Crippen LogP) is 5.35. The van der Waals surface area contributed by atoms with Crippen LogP contribution >= 0.6 is 15.9 Å². The number of halogens is 2. The Balaban J connectivity index is 2.07. The van der Waals surface area contributed by atoms with Crippen molar-refractivity contribution in [2.24, 2.45) is 11.3 Å². The molecule has 0 saturated heterocycles. The quantitative estimate of drug-likeness (QED) is 0.660. The lowest BCUT2D eigenvalue weighted by Gasteiger charge is -2.41. The molecule has 0 radical (unpaired) electrons. The fourth-order valence-electron chi connectivity index (χ4n) is 3.21. The molecule has 1 aromatic rings. The summed E-state index contributed by atoms with van der Waals surface area (Å²) in [6, 6.07) is 7.14. The first-order chi connectivity index (χ1) is 8.50. The van der Waals surface area contributed by atoms with Gasteiger partial charge in [-0.2, -0.15) is 0 Å². The van der Waals surface area contributed by atoms with Gasteiger partial charge in [-0.3, -0.25) is 0 Å². The van der Waals surface area contributed by atoms with Gasteiger partial charge in [0.2, 0.25) is 0 Å². The van der Waals surface area contributed by atoms with Crippen molar-refractivity contribution < 1.29 is 4.39 Å². The van der Waals surface area contributed by atoms with Crippen molar-refractivity contribution in [3.8, 4) is 0 Å². The van der Waals surface area contributed by atoms with Crippen molar-refractivity contribution in [3.63, 3.8) is 0 Å². The SMILES string of the molecule is CC1(C)CCCCC1C(Br)Cc1ccccc1F. The molecule has 0 spiro atoms. The van der Waals surface area contributed by atoms with E-state index in [1.807, 2.05) is 12.1 Å². The Morgan fingerprint density at radius 3 is 2.72 bits per heavy atom. The molecule has 0 aromatic heterocycles. The fourth-order valence-corrected chi connectivity index (χ4v) is 4.54. The highest BCUT2D eigenvalue weighted by Crippen LogP contribution is 2.45. The second kappa shape index (κ2) is 5.73. The highest BCUT2D eigenvalue weighted by Gasteiger charge is 2.36. The highest BCUT2D eigenvalue weighted by atomic mass is 79.9. The van der Waals surface area contributed by atoms with E-state index in [4.69, 9.17) is 0 Å². The number of alkyl halides is 1. The van der Waals surface area contributed by atoms with Gasteiger partial charge in [0.25, 0.3) is 0 Å². The maximum atomic E-state index is 13.7. The van der Waals surface area contributed by atoms with Crippen LogP contribution in [-0.4, -0.2) is 4.83 Å². The zero-order valence-electron chi connectivity index (χ0n) is 11.3. The molecule has 1 aromatic carbocycles. The monoisotopic (exact) mass is 312 g/mol. The Bertz CT molecular complexity index is 400. The maximum Gasteiger partial charge on any atom is 0.126 e. The van der Waals surface area contributed by atoms with Crippen LogP contribution in [0.2, 0.25) is 0 Å². The van der Waals surface area contributed by atoms with E-state index in [0.29, 0.717) is 16.2 Å². The molecule has 1 aliphatic rings. The van der Waals surface area contributed by atoms with Gasteiger partial charge in [0.15, 0.2) is 0 Å². The summed E-state index contributed by atoms with van der Waals surface area (Å²) in [6.07, 6.45) is 5.99. The van der Waals surface area contributed by atoms with E-state index in [1.165, 1.54) is 25.7 Å². The minimum Gasteiger partial charge on any atom is -0.207 e. The Kier molecular flexibility index (Phi) is 4.47. The molecule has 2 rings (SSSR count). The molecule has 1 aliphatic carbocycles. The van der Waals surface area contributed by atoms with Gasteiger partial charge in [-0.05, 0) is 42.2 Å². The molecule has 0 heterocycles. The molecule has 100 valence electrons. The van der Waals surface area contributed by atoms with Crippen molar-refractivity contribution in [1.29, 1.82) is 0 Å². The first-order valence-corrected chi connectivity index (χ1v) is 7.80. The Labute approximate surface area is 118 Å². The van der Waals surface area contributed by atoms with Crippen LogP contribution in [0.1, 0.15) is 45.1 Å². The van der Waals surface area contributed by atoms with Crippen LogP contribution in [0.4, 0.5) is 4.39 Å². The van der Waals surface area contributed by atoms with Gasteiger partial charge in [-0.25, -0.2) is 4.39 Å². The average Bonchev–Trinajstić information content (AvgIpc) is 2.31. The normalized spacial score (nSPS) is 24.8. The van der Waals surface area contributed by atoms with Gasteiger partial charge in [0.1, 0.15) is 5.82 Å². The molecule has 1 saturated carbocycles. The standard InChI is InChI=1S/C16H22BrF/c1-16(2)10-6-5-8-13(16)14(17)11-12-7-3-4-9-15(12)18/h3-4,7,9,13-14H,5-6,8,10-11H2,1-2H3. The van der Waals surface area contributed by atoms with E-state index in [-0.39, 0.29) is 5.82 Å². The van der Waals surface area contributed by atoms with Gasteiger partial charge in [-0.1, -0.05) is 60.8 Å². The Morgan fingerprint density at radius 2 is 2.06 bits per heavy atom. The van der Waals surface area contributed by atoms with E-state index < -0.39 is 0 Å². The minimum absolute atomic E-state index is 0.0736. The number of hydrogen-bond acceptors (Lipinski definition) is 0. The van der Waals surface area contributed by atoms with Crippen LogP contribution in [0.5, 0.6) is 0 Å². The van der Waals surface area contributed by atoms with Crippen LogP contribution in [0.25, 0.3) is 0 Å². The van der Waals surface area contributed by atoms with Gasteiger partial charge in [0.05, 0.1) is 0 Å². The Hall–Kier alpha value is -0.370. The van der Waals surface area contributed by atoms with Crippen LogP contribution in [0.15, 0.2) is 24.3 Å². The predicted molar refractivity (Wildman–Crippen MR) is 78.6 cm³/mol. The van der Waals surface area contributed by atoms with E-state index in [1.54, 1.807) is 12.1 Å². The zero-order valence-corrected chi connectivity index (χ0v) is 12.8. The molecule has 0 N–H and O–H groups in total. The van der Waals surface area contributed by atoms with Crippen molar-refractivity contribution >= 4 is 15.9 Å². The summed E-state index contributed by atoms with van der Waals surface area (Å²) in [7, 11) is 0. The summed E-state index contributed by atoms with van der Waals surface area (Å²) in [5, 5.41) is 0. The number of hydrogen-bond donors (Lipinski definition) is 0. The maximum absolute atomic E-state index is 13.7. The molecule has 0 bridgehead atoms. The van der Waals surface area contributed by atoms with Gasteiger partial charge in [0, 0.05) is 4.83 Å². The lowest BCUT2D eigenvalue weighted by Crippen LogP contribution is -2.35. The smallest absolute Gasteiger partial charge is 0.126 e. The summed E-state index contributed by atoms with van der Waals surface area (Å²) in [6.45, 7) is 4.71. The molecular formula is C16H22BrF. The summed E-state index contributed by atoms with van der Waals surface area (Å²) in [4.78, 5) is 0.379. The molecule has 2 unspecified atom stereocenters. The molecule has 0 nitrogen and oxygen atoms in total. The Morgan fingerprint density at radius 1 is 1.33 bits per heavy atom. The van der Waals surface area contributed by atoms with E-state index >= 15 is 0 Å². The molecule has 2 atom stereocenters. The second-order valence-corrected chi connectivity index (χ2v) is 7.33. The average molecular weight is 313 g/mol. The van der Waals surface area contributed by atoms with Crippen molar-refractivity contribution in [3.05, 3.63) is 35.6 Å². The summed E-state index contributed by atoms with van der Waals surface area (Å²) >= 11 is 3.82. The van der Waals surface area contributed by atoms with Gasteiger partial charge >= 0.3 is 0 Å². The van der Waals surface area contributed by atoms with Crippen LogP contribution in [-0.2, 0) is 6.42 Å². The van der Waals surface area contributed by atoms with Crippen LogP contribution in [0.3, 0.4) is 0 Å². The van der Waals surface area contributed by atoms with Crippen molar-refractivity contribution in [2.75, 3.05) is 0 Å². The first-order valence-electron chi connectivity index (χ1n) is 6.88. The lowest BCUT2D eigenvalue weighted by molar-refractivity contribution is 0.136. The van der Waals surface area contributed by atoms with E-state index in [2.05, 4.69) is 29.8 Å². The van der Waals surface area contributed by atoms with Crippen molar-refractivity contribution in [2.45, 2.75) is 50.8 Å². The molecule has 0 aliphatic heterocycles. The van der Waals surface area contributed by atoms with Crippen LogP contribution in [0, 0.1) is 17.2 Å². The third-order valence-electron chi connectivity index (χ3n) is 4.40. The van der Waals surface area contributed by atoms with Gasteiger partial charge in [-0.15, -0.1) is 0 Å². The summed E-state index contributed by atoms with van der Waals surface area (Å²) < 4.78 is 13.7. The number of benzene rings is 1. The second-order valence-electron chi connectivity index (χ2n) is 6.15. The van der Waals surface area contributed by atoms with E-state index in [9.17, 15) is 4.39 Å². The first kappa shape index (κ1) is 14.0. The summed E-state index contributed by atoms with van der Waals surface area (Å²) in [5.41, 5.74) is 1.21. The lowest BCUT2D eigenvalue weighted by atomic mass is 9.67. The van der Waals surface area contributed by atoms with Crippen LogP contribution < -0.4 is 0 Å². The highest BCUT2D eigenvalue weighted by molar-refractivity contribution is 9.09. The minimum atomic E-state index is -0.0736. The van der Waals surface area contributed by atoms with Gasteiger partial charge < -0.3 is 0 Å². The third-order valence-corrected chi connectivity index (χ3v) is 5.36. The molecule has 2 heteroatoms. The van der Waals surface area contributed by atoms with Crippen molar-refractivity contribution in [1.82, 2.24) is 0 Å². The fraction of sp³-hybridized carbons (Fsp3) is 0.625. The zero-order chi connectivity index (χ0) is 13.2. The molecule has 18 heavy (non-hydrogen) atoms. The largest absolute Gasteiger partial charge is 0.207 e. The molecule has 1 fully saturated rings.